The summed E-state index contributed by atoms with van der Waals surface area (Å²) >= 11 is 0. The van der Waals surface area contributed by atoms with Gasteiger partial charge < -0.3 is 10.2 Å². The quantitative estimate of drug-likeness (QED) is 0.394. The Morgan fingerprint density at radius 2 is 1.57 bits per heavy atom. The Morgan fingerprint density at radius 1 is 0.929 bits per heavy atom. The van der Waals surface area contributed by atoms with Gasteiger partial charge in [-0.3, -0.25) is 10.1 Å². The molecule has 1 aliphatic heterocycles. The van der Waals surface area contributed by atoms with E-state index in [0.29, 0.717) is 5.56 Å². The van der Waals surface area contributed by atoms with Gasteiger partial charge in [-0.05, 0) is 29.8 Å². The molecular formula is C19H13NO7S. The molecule has 2 N–H and O–H groups in total. The zero-order valence-corrected chi connectivity index (χ0v) is 15.0. The maximum atomic E-state index is 12.7. The summed E-state index contributed by atoms with van der Waals surface area (Å²) < 4.78 is 31.0. The number of phenolic OH excluding ortho intramolecular Hbond substituents is 2. The van der Waals surface area contributed by atoms with E-state index in [1.165, 1.54) is 36.4 Å². The molecule has 0 saturated heterocycles. The van der Waals surface area contributed by atoms with Crippen molar-refractivity contribution in [2.45, 2.75) is 10.5 Å². The molecule has 0 spiro atoms. The van der Waals surface area contributed by atoms with Crippen molar-refractivity contribution in [2.24, 2.45) is 0 Å². The molecule has 0 aromatic heterocycles. The molecule has 3 aromatic carbocycles. The van der Waals surface area contributed by atoms with Gasteiger partial charge in [-0.2, -0.15) is 8.42 Å². The van der Waals surface area contributed by atoms with E-state index in [9.17, 15) is 28.7 Å². The van der Waals surface area contributed by atoms with Crippen LogP contribution in [0.5, 0.6) is 11.5 Å². The zero-order chi connectivity index (χ0) is 20.1. The zero-order valence-electron chi connectivity index (χ0n) is 14.1. The number of benzene rings is 3. The predicted molar refractivity (Wildman–Crippen MR) is 97.5 cm³/mol. The van der Waals surface area contributed by atoms with Crippen molar-refractivity contribution in [3.8, 4) is 11.5 Å². The second kappa shape index (κ2) is 6.04. The van der Waals surface area contributed by atoms with Crippen molar-refractivity contribution < 1.29 is 27.7 Å². The summed E-state index contributed by atoms with van der Waals surface area (Å²) in [6, 6.07) is 15.4. The first kappa shape index (κ1) is 18.0. The number of aromatic hydroxyl groups is 2. The smallest absolute Gasteiger partial charge is 0.311 e. The fraction of sp³-hybridized carbons (Fsp3) is 0.0526. The van der Waals surface area contributed by atoms with E-state index in [2.05, 4.69) is 0 Å². The van der Waals surface area contributed by atoms with E-state index in [4.69, 9.17) is 4.18 Å². The monoisotopic (exact) mass is 399 g/mol. The molecular weight excluding hydrogens is 386 g/mol. The summed E-state index contributed by atoms with van der Waals surface area (Å²) in [6.07, 6.45) is 0. The number of nitro groups is 1. The molecule has 4 rings (SSSR count). The van der Waals surface area contributed by atoms with Crippen LogP contribution in [0.25, 0.3) is 0 Å². The fourth-order valence-corrected chi connectivity index (χ4v) is 4.82. The lowest BCUT2D eigenvalue weighted by molar-refractivity contribution is -0.386. The van der Waals surface area contributed by atoms with Crippen LogP contribution in [0.15, 0.2) is 71.6 Å². The molecule has 0 radical (unpaired) electrons. The lowest BCUT2D eigenvalue weighted by Crippen LogP contribution is -2.29. The average molecular weight is 399 g/mol. The number of nitro benzene ring substituents is 1. The van der Waals surface area contributed by atoms with E-state index in [-0.39, 0.29) is 21.8 Å². The summed E-state index contributed by atoms with van der Waals surface area (Å²) in [5, 5.41) is 30.7. The van der Waals surface area contributed by atoms with Gasteiger partial charge in [0.25, 0.3) is 10.1 Å². The standard InChI is InChI=1S/C19H13NO7S/c21-14-8-5-12(6-9-14)19(13-7-10-17(22)16(11-13)20(23)24)15-3-1-2-4-18(15)28(25,26)27-19/h1-11,21-22H. The minimum absolute atomic E-state index is 0.0373. The van der Waals surface area contributed by atoms with Crippen LogP contribution in [0.1, 0.15) is 16.7 Å². The van der Waals surface area contributed by atoms with Crippen LogP contribution in [0.4, 0.5) is 5.69 Å². The van der Waals surface area contributed by atoms with Gasteiger partial charge in [-0.1, -0.05) is 36.4 Å². The summed E-state index contributed by atoms with van der Waals surface area (Å²) in [5.74, 6) is -0.589. The topological polar surface area (TPSA) is 127 Å². The first-order chi connectivity index (χ1) is 13.3. The number of fused-ring (bicyclic) bond motifs is 1. The normalized spacial score (nSPS) is 19.9. The SMILES string of the molecule is O=[N+]([O-])c1cc(C2(c3ccc(O)cc3)OS(=O)(=O)c3ccccc32)ccc1O. The van der Waals surface area contributed by atoms with E-state index < -0.39 is 32.1 Å². The molecule has 0 saturated carbocycles. The molecule has 1 heterocycles. The Labute approximate surface area is 159 Å². The average Bonchev–Trinajstić information content (AvgIpc) is 2.91. The maximum Gasteiger partial charge on any atom is 0.311 e. The van der Waals surface area contributed by atoms with Gasteiger partial charge in [0.2, 0.25) is 0 Å². The first-order valence-electron chi connectivity index (χ1n) is 8.08. The Hall–Kier alpha value is -3.43. The van der Waals surface area contributed by atoms with Gasteiger partial charge in [0.15, 0.2) is 11.4 Å². The Morgan fingerprint density at radius 3 is 2.25 bits per heavy atom. The number of nitrogens with zero attached hydrogens (tertiary/aromatic N) is 1. The number of hydrogen-bond acceptors (Lipinski definition) is 7. The van der Waals surface area contributed by atoms with Gasteiger partial charge in [0.05, 0.1) is 4.92 Å². The third-order valence-corrected chi connectivity index (χ3v) is 5.99. The summed E-state index contributed by atoms with van der Waals surface area (Å²) in [5.41, 5.74) is -1.52. The molecule has 9 heteroatoms. The van der Waals surface area contributed by atoms with Crippen LogP contribution in [-0.2, 0) is 19.9 Å². The number of hydrogen-bond donors (Lipinski definition) is 2. The Balaban J connectivity index is 2.10. The minimum Gasteiger partial charge on any atom is -0.508 e. The molecule has 142 valence electrons. The van der Waals surface area contributed by atoms with E-state index >= 15 is 0 Å². The molecule has 0 bridgehead atoms. The van der Waals surface area contributed by atoms with Crippen LogP contribution in [-0.4, -0.2) is 23.6 Å². The van der Waals surface area contributed by atoms with Crippen molar-refractivity contribution >= 4 is 15.8 Å². The second-order valence-electron chi connectivity index (χ2n) is 6.22. The van der Waals surface area contributed by atoms with Crippen LogP contribution in [0.3, 0.4) is 0 Å². The first-order valence-corrected chi connectivity index (χ1v) is 9.49. The highest BCUT2D eigenvalue weighted by Crippen LogP contribution is 2.51. The van der Waals surface area contributed by atoms with Crippen LogP contribution in [0.2, 0.25) is 0 Å². The molecule has 3 aromatic rings. The van der Waals surface area contributed by atoms with Gasteiger partial charge >= 0.3 is 5.69 Å². The van der Waals surface area contributed by atoms with Crippen molar-refractivity contribution in [3.05, 3.63) is 93.5 Å². The largest absolute Gasteiger partial charge is 0.508 e. The van der Waals surface area contributed by atoms with Crippen molar-refractivity contribution in [1.29, 1.82) is 0 Å². The number of rotatable bonds is 3. The highest BCUT2D eigenvalue weighted by molar-refractivity contribution is 7.87. The molecule has 28 heavy (non-hydrogen) atoms. The summed E-state index contributed by atoms with van der Waals surface area (Å²) in [4.78, 5) is 10.5. The van der Waals surface area contributed by atoms with E-state index in [0.717, 1.165) is 12.1 Å². The Bertz CT molecular complexity index is 1210. The lowest BCUT2D eigenvalue weighted by Gasteiger charge is -2.29. The van der Waals surface area contributed by atoms with Gasteiger partial charge in [-0.25, -0.2) is 4.18 Å². The molecule has 0 aliphatic carbocycles. The molecule has 1 aliphatic rings. The van der Waals surface area contributed by atoms with Gasteiger partial charge in [0, 0.05) is 17.2 Å². The van der Waals surface area contributed by atoms with Crippen LogP contribution >= 0.6 is 0 Å². The Kier molecular flexibility index (Phi) is 3.88. The van der Waals surface area contributed by atoms with Gasteiger partial charge in [0.1, 0.15) is 10.6 Å². The second-order valence-corrected chi connectivity index (χ2v) is 7.74. The van der Waals surface area contributed by atoms with Gasteiger partial charge in [-0.15, -0.1) is 0 Å². The third kappa shape index (κ3) is 2.52. The van der Waals surface area contributed by atoms with Crippen molar-refractivity contribution in [1.82, 2.24) is 0 Å². The van der Waals surface area contributed by atoms with E-state index in [1.807, 2.05) is 0 Å². The highest BCUT2D eigenvalue weighted by Gasteiger charge is 2.51. The minimum atomic E-state index is -4.16. The predicted octanol–water partition coefficient (Wildman–Crippen LogP) is 3.02. The molecule has 1 unspecified atom stereocenters. The van der Waals surface area contributed by atoms with Crippen molar-refractivity contribution in [2.75, 3.05) is 0 Å². The molecule has 0 amide bonds. The lowest BCUT2D eigenvalue weighted by atomic mass is 9.80. The number of phenols is 2. The third-order valence-electron chi connectivity index (χ3n) is 4.62. The highest BCUT2D eigenvalue weighted by atomic mass is 32.2. The molecule has 0 fully saturated rings. The molecule has 8 nitrogen and oxygen atoms in total. The fourth-order valence-electron chi connectivity index (χ4n) is 3.39. The summed E-state index contributed by atoms with van der Waals surface area (Å²) in [6.45, 7) is 0. The van der Waals surface area contributed by atoms with Crippen LogP contribution < -0.4 is 0 Å². The van der Waals surface area contributed by atoms with Crippen molar-refractivity contribution in [3.63, 3.8) is 0 Å². The van der Waals surface area contributed by atoms with Crippen LogP contribution in [0, 0.1) is 10.1 Å². The van der Waals surface area contributed by atoms with E-state index in [1.54, 1.807) is 18.2 Å². The maximum absolute atomic E-state index is 12.7. The summed E-state index contributed by atoms with van der Waals surface area (Å²) in [7, 11) is -4.16. The molecule has 1 atom stereocenters.